The number of esters is 1. The van der Waals surface area contributed by atoms with Gasteiger partial charge in [-0.05, 0) is 56.2 Å². The number of ether oxygens (including phenoxy) is 2. The van der Waals surface area contributed by atoms with E-state index in [1.165, 1.54) is 0 Å². The molecule has 0 heterocycles. The summed E-state index contributed by atoms with van der Waals surface area (Å²) in [7, 11) is 0. The Kier molecular flexibility index (Phi) is 6.64. The fourth-order valence-electron chi connectivity index (χ4n) is 2.65. The first-order valence-electron chi connectivity index (χ1n) is 8.87. The van der Waals surface area contributed by atoms with E-state index in [1.54, 1.807) is 32.1 Å². The second-order valence-corrected chi connectivity index (χ2v) is 6.70. The van der Waals surface area contributed by atoms with Crippen LogP contribution in [0.25, 0.3) is 0 Å². The van der Waals surface area contributed by atoms with Gasteiger partial charge in [-0.25, -0.2) is 10.1 Å². The Morgan fingerprint density at radius 1 is 1.07 bits per heavy atom. The zero-order valence-corrected chi connectivity index (χ0v) is 16.4. The monoisotopic (exact) mass is 370 g/mol. The van der Waals surface area contributed by atoms with E-state index in [-0.39, 0.29) is 16.9 Å². The second kappa shape index (κ2) is 8.73. The summed E-state index contributed by atoms with van der Waals surface area (Å²) >= 11 is 0. The number of hydrogen-bond acceptors (Lipinski definition) is 5. The quantitative estimate of drug-likeness (QED) is 0.240. The molecule has 0 aliphatic rings. The van der Waals surface area contributed by atoms with Gasteiger partial charge in [-0.2, -0.15) is 0 Å². The van der Waals surface area contributed by atoms with E-state index in [4.69, 9.17) is 14.7 Å². The van der Waals surface area contributed by atoms with Crippen LogP contribution >= 0.6 is 0 Å². The Balaban J connectivity index is 2.38. The van der Waals surface area contributed by atoms with Gasteiger partial charge in [-0.1, -0.05) is 38.1 Å². The Bertz CT molecular complexity index is 819. The van der Waals surface area contributed by atoms with Gasteiger partial charge >= 0.3 is 5.97 Å². The van der Waals surface area contributed by atoms with Crippen molar-refractivity contribution in [2.75, 3.05) is 6.61 Å². The maximum Gasteiger partial charge on any atom is 0.338 e. The number of rotatable bonds is 7. The van der Waals surface area contributed by atoms with Crippen LogP contribution in [-0.4, -0.2) is 17.8 Å². The lowest BCUT2D eigenvalue weighted by Gasteiger charge is -2.27. The van der Waals surface area contributed by atoms with Crippen LogP contribution in [0, 0.1) is 0 Å². The third kappa shape index (κ3) is 4.68. The molecule has 0 fully saturated rings. The summed E-state index contributed by atoms with van der Waals surface area (Å²) < 4.78 is 10.9. The molecule has 5 heteroatoms. The molecule has 0 saturated heterocycles. The van der Waals surface area contributed by atoms with Gasteiger partial charge in [0, 0.05) is 11.0 Å². The number of hydrogen-bond donors (Lipinski definition) is 1. The van der Waals surface area contributed by atoms with E-state index in [0.29, 0.717) is 12.2 Å². The highest BCUT2D eigenvalue weighted by atomic mass is 17.1. The SMILES string of the molecule is CC=C(C)C(=O)Oc1cc(C(C)(C)c2ccc(OCC)cc2)ccc1OO. The minimum Gasteiger partial charge on any atom is -0.494 e. The highest BCUT2D eigenvalue weighted by Gasteiger charge is 2.25. The van der Waals surface area contributed by atoms with Crippen molar-refractivity contribution in [2.45, 2.75) is 40.0 Å². The fraction of sp³-hybridized carbons (Fsp3) is 0.318. The molecule has 2 aromatic rings. The molecule has 144 valence electrons. The van der Waals surface area contributed by atoms with Crippen molar-refractivity contribution >= 4 is 5.97 Å². The Morgan fingerprint density at radius 2 is 1.70 bits per heavy atom. The van der Waals surface area contributed by atoms with E-state index in [0.717, 1.165) is 16.9 Å². The van der Waals surface area contributed by atoms with Crippen LogP contribution in [0.2, 0.25) is 0 Å². The molecule has 27 heavy (non-hydrogen) atoms. The molecule has 0 amide bonds. The molecule has 0 bridgehead atoms. The first-order valence-corrected chi connectivity index (χ1v) is 8.87. The molecule has 0 unspecified atom stereocenters. The van der Waals surface area contributed by atoms with Crippen molar-refractivity contribution in [1.82, 2.24) is 0 Å². The highest BCUT2D eigenvalue weighted by Crippen LogP contribution is 2.37. The Labute approximate surface area is 160 Å². The minimum atomic E-state index is -0.494. The number of benzene rings is 2. The third-order valence-electron chi connectivity index (χ3n) is 4.61. The highest BCUT2D eigenvalue weighted by molar-refractivity contribution is 5.89. The topological polar surface area (TPSA) is 65.0 Å². The Morgan fingerprint density at radius 3 is 2.26 bits per heavy atom. The molecule has 0 aliphatic carbocycles. The molecule has 5 nitrogen and oxygen atoms in total. The van der Waals surface area contributed by atoms with Gasteiger partial charge in [-0.15, -0.1) is 0 Å². The van der Waals surface area contributed by atoms with Gasteiger partial charge in [0.05, 0.1) is 6.61 Å². The summed E-state index contributed by atoms with van der Waals surface area (Å²) in [5.74, 6) is 0.572. The van der Waals surface area contributed by atoms with Crippen LogP contribution in [0.3, 0.4) is 0 Å². The lowest BCUT2D eigenvalue weighted by atomic mass is 9.78. The first kappa shape index (κ1) is 20.5. The average Bonchev–Trinajstić information content (AvgIpc) is 2.67. The predicted molar refractivity (Wildman–Crippen MR) is 105 cm³/mol. The Hall–Kier alpha value is -2.79. The summed E-state index contributed by atoms with van der Waals surface area (Å²) in [6.45, 7) is 10.1. The molecule has 0 aliphatic heterocycles. The summed E-state index contributed by atoms with van der Waals surface area (Å²) in [5, 5.41) is 9.10. The lowest BCUT2D eigenvalue weighted by molar-refractivity contribution is -0.142. The van der Waals surface area contributed by atoms with E-state index >= 15 is 0 Å². The first-order chi connectivity index (χ1) is 12.8. The van der Waals surface area contributed by atoms with Crippen molar-refractivity contribution in [3.8, 4) is 17.2 Å². The van der Waals surface area contributed by atoms with Crippen molar-refractivity contribution in [1.29, 1.82) is 0 Å². The predicted octanol–water partition coefficient (Wildman–Crippen LogP) is 5.13. The molecule has 0 spiro atoms. The summed E-state index contributed by atoms with van der Waals surface area (Å²) in [4.78, 5) is 16.5. The van der Waals surface area contributed by atoms with Crippen molar-refractivity contribution < 1.29 is 24.4 Å². The molecule has 0 saturated carbocycles. The summed E-state index contributed by atoms with van der Waals surface area (Å²) in [6, 6.07) is 13.0. The van der Waals surface area contributed by atoms with Crippen LogP contribution in [0.15, 0.2) is 54.1 Å². The zero-order chi connectivity index (χ0) is 20.0. The lowest BCUT2D eigenvalue weighted by Crippen LogP contribution is -2.19. The molecular formula is C22H26O5. The maximum absolute atomic E-state index is 12.1. The van der Waals surface area contributed by atoms with Crippen molar-refractivity contribution in [3.63, 3.8) is 0 Å². The van der Waals surface area contributed by atoms with E-state index in [9.17, 15) is 4.79 Å². The third-order valence-corrected chi connectivity index (χ3v) is 4.61. The van der Waals surface area contributed by atoms with Crippen LogP contribution in [-0.2, 0) is 10.2 Å². The van der Waals surface area contributed by atoms with Crippen molar-refractivity contribution in [3.05, 3.63) is 65.2 Å². The molecule has 1 N–H and O–H groups in total. The normalized spacial score (nSPS) is 11.9. The maximum atomic E-state index is 12.1. The largest absolute Gasteiger partial charge is 0.494 e. The van der Waals surface area contributed by atoms with Crippen molar-refractivity contribution in [2.24, 2.45) is 0 Å². The smallest absolute Gasteiger partial charge is 0.338 e. The second-order valence-electron chi connectivity index (χ2n) is 6.70. The van der Waals surface area contributed by atoms with Gasteiger partial charge in [0.25, 0.3) is 0 Å². The van der Waals surface area contributed by atoms with Gasteiger partial charge < -0.3 is 14.4 Å². The van der Waals surface area contributed by atoms with Gasteiger partial charge in [-0.3, -0.25) is 0 Å². The number of carbonyl (C=O) groups is 1. The summed E-state index contributed by atoms with van der Waals surface area (Å²) in [5.41, 5.74) is 2.09. The zero-order valence-electron chi connectivity index (χ0n) is 16.4. The average molecular weight is 370 g/mol. The van der Waals surface area contributed by atoms with E-state index in [1.807, 2.05) is 37.3 Å². The van der Waals surface area contributed by atoms with Crippen LogP contribution in [0.4, 0.5) is 0 Å². The van der Waals surface area contributed by atoms with Crippen LogP contribution in [0.5, 0.6) is 17.2 Å². The minimum absolute atomic E-state index is 0.0819. The molecular weight excluding hydrogens is 344 g/mol. The summed E-state index contributed by atoms with van der Waals surface area (Å²) in [6.07, 6.45) is 1.66. The molecule has 2 rings (SSSR count). The van der Waals surface area contributed by atoms with Gasteiger partial charge in [0.15, 0.2) is 5.75 Å². The molecule has 0 radical (unpaired) electrons. The molecule has 0 aromatic heterocycles. The van der Waals surface area contributed by atoms with Gasteiger partial charge in [0.1, 0.15) is 5.75 Å². The van der Waals surface area contributed by atoms with E-state index in [2.05, 4.69) is 18.7 Å². The molecule has 0 atom stereocenters. The number of allylic oxidation sites excluding steroid dienone is 1. The van der Waals surface area contributed by atoms with Crippen LogP contribution in [0.1, 0.15) is 45.7 Å². The van der Waals surface area contributed by atoms with E-state index < -0.39 is 5.97 Å². The molecule has 2 aromatic carbocycles. The standard InChI is InChI=1S/C22H26O5/c1-6-15(3)21(23)26-20-14-17(10-13-19(20)27-24)22(4,5)16-8-11-18(12-9-16)25-7-2/h6,8-14,24H,7H2,1-5H3. The van der Waals surface area contributed by atoms with Crippen LogP contribution < -0.4 is 14.4 Å². The number of carbonyl (C=O) groups excluding carboxylic acids is 1. The fourth-order valence-corrected chi connectivity index (χ4v) is 2.65. The van der Waals surface area contributed by atoms with Gasteiger partial charge in [0.2, 0.25) is 5.75 Å².